The third-order valence-corrected chi connectivity index (χ3v) is 2.05. The number of nitrogens with one attached hydrogen (secondary N) is 1. The van der Waals surface area contributed by atoms with Crippen LogP contribution in [0.3, 0.4) is 0 Å². The van der Waals surface area contributed by atoms with Gasteiger partial charge in [-0.05, 0) is 12.1 Å². The predicted octanol–water partition coefficient (Wildman–Crippen LogP) is 0.188. The minimum absolute atomic E-state index is 0.0477. The van der Waals surface area contributed by atoms with E-state index in [1.807, 2.05) is 0 Å². The molecule has 1 aromatic rings. The van der Waals surface area contributed by atoms with E-state index in [1.165, 1.54) is 4.90 Å². The third kappa shape index (κ3) is 2.92. The fourth-order valence-corrected chi connectivity index (χ4v) is 1.15. The lowest BCUT2D eigenvalue weighted by Gasteiger charge is -2.15. The summed E-state index contributed by atoms with van der Waals surface area (Å²) in [6, 6.07) is 3.46. The molecule has 0 radical (unpaired) electrons. The molecule has 1 amide bonds. The van der Waals surface area contributed by atoms with Crippen molar-refractivity contribution in [2.45, 2.75) is 0 Å². The molecule has 1 rings (SSSR count). The van der Waals surface area contributed by atoms with Gasteiger partial charge in [0.2, 0.25) is 0 Å². The molecule has 0 atom stereocenters. The van der Waals surface area contributed by atoms with Crippen LogP contribution in [0.1, 0.15) is 10.5 Å². The van der Waals surface area contributed by atoms with E-state index in [1.54, 1.807) is 32.4 Å². The highest BCUT2D eigenvalue weighted by Crippen LogP contribution is 2.08. The van der Waals surface area contributed by atoms with Crippen LogP contribution >= 0.6 is 0 Å². The summed E-state index contributed by atoms with van der Waals surface area (Å²) in [7, 11) is 3.41. The van der Waals surface area contributed by atoms with Gasteiger partial charge in [-0.25, -0.2) is 0 Å². The average Bonchev–Trinajstić information content (AvgIpc) is 2.28. The molecular formula is C10H15N3O2. The Morgan fingerprint density at radius 2 is 2.40 bits per heavy atom. The van der Waals surface area contributed by atoms with Crippen molar-refractivity contribution in [2.75, 3.05) is 32.6 Å². The molecule has 0 saturated carbocycles. The molecule has 0 aliphatic heterocycles. The quantitative estimate of drug-likeness (QED) is 0.742. The molecule has 0 aliphatic rings. The van der Waals surface area contributed by atoms with Crippen molar-refractivity contribution in [3.8, 4) is 0 Å². The highest BCUT2D eigenvalue weighted by atomic mass is 16.3. The average molecular weight is 209 g/mol. The zero-order chi connectivity index (χ0) is 11.3. The molecule has 2 N–H and O–H groups in total. The van der Waals surface area contributed by atoms with Gasteiger partial charge < -0.3 is 15.3 Å². The Kier molecular flexibility index (Phi) is 4.05. The number of amides is 1. The summed E-state index contributed by atoms with van der Waals surface area (Å²) < 4.78 is 0. The molecule has 5 nitrogen and oxygen atoms in total. The van der Waals surface area contributed by atoms with Crippen LogP contribution in [0.5, 0.6) is 0 Å². The number of rotatable bonds is 4. The smallest absolute Gasteiger partial charge is 0.272 e. The van der Waals surface area contributed by atoms with Crippen LogP contribution in [0, 0.1) is 0 Å². The van der Waals surface area contributed by atoms with Crippen LogP contribution < -0.4 is 5.32 Å². The van der Waals surface area contributed by atoms with Crippen molar-refractivity contribution >= 4 is 11.6 Å². The number of hydrogen-bond donors (Lipinski definition) is 2. The number of nitrogens with zero attached hydrogens (tertiary/aromatic N) is 2. The second-order valence-electron chi connectivity index (χ2n) is 3.13. The number of anilines is 1. The number of aromatic nitrogens is 1. The van der Waals surface area contributed by atoms with E-state index in [-0.39, 0.29) is 12.5 Å². The SMILES string of the molecule is CNc1ccnc(C(=O)N(C)CCO)c1. The maximum absolute atomic E-state index is 11.7. The summed E-state index contributed by atoms with van der Waals surface area (Å²) in [4.78, 5) is 17.1. The predicted molar refractivity (Wildman–Crippen MR) is 57.8 cm³/mol. The van der Waals surface area contributed by atoms with Crippen LogP contribution in [-0.2, 0) is 0 Å². The second-order valence-corrected chi connectivity index (χ2v) is 3.13. The second kappa shape index (κ2) is 5.31. The number of aliphatic hydroxyl groups is 1. The topological polar surface area (TPSA) is 65.5 Å². The van der Waals surface area contributed by atoms with Crippen LogP contribution in [-0.4, -0.2) is 48.1 Å². The van der Waals surface area contributed by atoms with E-state index >= 15 is 0 Å². The molecule has 0 aromatic carbocycles. The highest BCUT2D eigenvalue weighted by molar-refractivity contribution is 5.92. The zero-order valence-electron chi connectivity index (χ0n) is 8.90. The van der Waals surface area contributed by atoms with E-state index in [4.69, 9.17) is 5.11 Å². The number of carbonyl (C=O) groups is 1. The molecule has 0 aliphatic carbocycles. The van der Waals surface area contributed by atoms with Gasteiger partial charge in [-0.1, -0.05) is 0 Å². The summed E-state index contributed by atoms with van der Waals surface area (Å²) >= 11 is 0. The summed E-state index contributed by atoms with van der Waals surface area (Å²) in [5, 5.41) is 11.6. The lowest BCUT2D eigenvalue weighted by Crippen LogP contribution is -2.30. The van der Waals surface area contributed by atoms with E-state index in [0.717, 1.165) is 5.69 Å². The van der Waals surface area contributed by atoms with Crippen molar-refractivity contribution in [2.24, 2.45) is 0 Å². The molecular weight excluding hydrogens is 194 g/mol. The maximum Gasteiger partial charge on any atom is 0.272 e. The molecule has 1 heterocycles. The highest BCUT2D eigenvalue weighted by Gasteiger charge is 2.12. The zero-order valence-corrected chi connectivity index (χ0v) is 8.90. The van der Waals surface area contributed by atoms with Gasteiger partial charge in [0, 0.05) is 32.5 Å². The monoisotopic (exact) mass is 209 g/mol. The first-order chi connectivity index (χ1) is 7.19. The first kappa shape index (κ1) is 11.5. The number of aliphatic hydroxyl groups excluding tert-OH is 1. The normalized spacial score (nSPS) is 9.80. The van der Waals surface area contributed by atoms with Gasteiger partial charge in [0.15, 0.2) is 0 Å². The molecule has 0 fully saturated rings. The van der Waals surface area contributed by atoms with Crippen LogP contribution in [0.2, 0.25) is 0 Å². The lowest BCUT2D eigenvalue weighted by molar-refractivity contribution is 0.0761. The molecule has 0 bridgehead atoms. The Morgan fingerprint density at radius 3 is 3.00 bits per heavy atom. The summed E-state index contributed by atoms with van der Waals surface area (Å²) in [6.45, 7) is 0.262. The Bertz CT molecular complexity index is 341. The van der Waals surface area contributed by atoms with Crippen molar-refractivity contribution in [3.05, 3.63) is 24.0 Å². The molecule has 82 valence electrons. The van der Waals surface area contributed by atoms with Gasteiger partial charge in [0.1, 0.15) is 5.69 Å². The summed E-state index contributed by atoms with van der Waals surface area (Å²) in [5.74, 6) is -0.193. The molecule has 0 spiro atoms. The molecule has 0 unspecified atom stereocenters. The maximum atomic E-state index is 11.7. The number of pyridine rings is 1. The van der Waals surface area contributed by atoms with Crippen molar-refractivity contribution in [1.82, 2.24) is 9.88 Å². The Balaban J connectivity index is 2.81. The molecule has 15 heavy (non-hydrogen) atoms. The van der Waals surface area contributed by atoms with E-state index in [9.17, 15) is 4.79 Å². The lowest BCUT2D eigenvalue weighted by atomic mass is 10.3. The Morgan fingerprint density at radius 1 is 1.67 bits per heavy atom. The number of hydrogen-bond acceptors (Lipinski definition) is 4. The fourth-order valence-electron chi connectivity index (χ4n) is 1.15. The summed E-state index contributed by atoms with van der Waals surface area (Å²) in [6.07, 6.45) is 1.58. The number of carbonyl (C=O) groups excluding carboxylic acids is 1. The largest absolute Gasteiger partial charge is 0.395 e. The Hall–Kier alpha value is -1.62. The fraction of sp³-hybridized carbons (Fsp3) is 0.400. The van der Waals surface area contributed by atoms with Crippen molar-refractivity contribution in [1.29, 1.82) is 0 Å². The summed E-state index contributed by atoms with van der Waals surface area (Å²) in [5.41, 5.74) is 1.21. The van der Waals surface area contributed by atoms with E-state index < -0.39 is 0 Å². The van der Waals surface area contributed by atoms with Gasteiger partial charge in [0.25, 0.3) is 5.91 Å². The third-order valence-electron chi connectivity index (χ3n) is 2.05. The first-order valence-electron chi connectivity index (χ1n) is 4.69. The minimum atomic E-state index is -0.193. The molecule has 0 saturated heterocycles. The van der Waals surface area contributed by atoms with Crippen molar-refractivity contribution < 1.29 is 9.90 Å². The first-order valence-corrected chi connectivity index (χ1v) is 4.69. The van der Waals surface area contributed by atoms with E-state index in [2.05, 4.69) is 10.3 Å². The van der Waals surface area contributed by atoms with Crippen LogP contribution in [0.4, 0.5) is 5.69 Å². The Labute approximate surface area is 88.7 Å². The number of likely N-dealkylation sites (N-methyl/N-ethyl adjacent to an activating group) is 1. The van der Waals surface area contributed by atoms with Gasteiger partial charge in [-0.15, -0.1) is 0 Å². The van der Waals surface area contributed by atoms with Crippen LogP contribution in [0.15, 0.2) is 18.3 Å². The molecule has 1 aromatic heterocycles. The van der Waals surface area contributed by atoms with Crippen molar-refractivity contribution in [3.63, 3.8) is 0 Å². The van der Waals surface area contributed by atoms with Gasteiger partial charge in [0.05, 0.1) is 6.61 Å². The van der Waals surface area contributed by atoms with Crippen LogP contribution in [0.25, 0.3) is 0 Å². The molecule has 5 heteroatoms. The van der Waals surface area contributed by atoms with Gasteiger partial charge in [-0.3, -0.25) is 9.78 Å². The minimum Gasteiger partial charge on any atom is -0.395 e. The standard InChI is InChI=1S/C10H15N3O2/c1-11-8-3-4-12-9(7-8)10(15)13(2)5-6-14/h3-4,7,14H,5-6H2,1-2H3,(H,11,12). The van der Waals surface area contributed by atoms with E-state index in [0.29, 0.717) is 12.2 Å². The van der Waals surface area contributed by atoms with Gasteiger partial charge >= 0.3 is 0 Å². The van der Waals surface area contributed by atoms with Gasteiger partial charge in [-0.2, -0.15) is 0 Å².